The largest absolute Gasteiger partial charge is 0.497 e. The second kappa shape index (κ2) is 18.5. The van der Waals surface area contributed by atoms with Gasteiger partial charge in [-0.2, -0.15) is 0 Å². The molecule has 0 spiro atoms. The first kappa shape index (κ1) is 42.8. The van der Waals surface area contributed by atoms with E-state index in [0.717, 1.165) is 35.6 Å². The van der Waals surface area contributed by atoms with Gasteiger partial charge in [-0.15, -0.1) is 0 Å². The Hall–Kier alpha value is -6.35. The average Bonchev–Trinajstić information content (AvgIpc) is 3.72. The smallest absolute Gasteiger partial charge is 0.368 e. The number of carbonyl (C=O) groups excluding carboxylic acids is 1. The number of benzene rings is 3. The lowest BCUT2D eigenvalue weighted by Crippen LogP contribution is -2.41. The summed E-state index contributed by atoms with van der Waals surface area (Å²) < 4.78 is 18.8. The maximum atomic E-state index is 14.9. The number of carbonyl (C=O) groups is 1. The molecule has 1 saturated heterocycles. The molecule has 4 heterocycles. The van der Waals surface area contributed by atoms with Gasteiger partial charge in [-0.1, -0.05) is 40.9 Å². The minimum absolute atomic E-state index is 0.0917. The molecule has 1 unspecified atom stereocenters. The van der Waals surface area contributed by atoms with Crippen LogP contribution in [-0.4, -0.2) is 98.7 Å². The van der Waals surface area contributed by atoms with E-state index in [2.05, 4.69) is 27.3 Å². The van der Waals surface area contributed by atoms with Crippen LogP contribution in [0.15, 0.2) is 112 Å². The maximum Gasteiger partial charge on any atom is 0.368 e. The van der Waals surface area contributed by atoms with E-state index < -0.39 is 11.0 Å². The minimum Gasteiger partial charge on any atom is -0.497 e. The van der Waals surface area contributed by atoms with Crippen molar-refractivity contribution in [3.05, 3.63) is 139 Å². The van der Waals surface area contributed by atoms with Crippen molar-refractivity contribution < 1.29 is 28.4 Å². The fourth-order valence-corrected chi connectivity index (χ4v) is 8.08. The van der Waals surface area contributed by atoms with Crippen LogP contribution < -0.4 is 25.2 Å². The van der Waals surface area contributed by atoms with Crippen LogP contribution in [0.5, 0.6) is 11.5 Å². The Labute approximate surface area is 359 Å². The summed E-state index contributed by atoms with van der Waals surface area (Å²) in [7, 11) is 6.96. The van der Waals surface area contributed by atoms with Crippen LogP contribution >= 0.6 is 11.6 Å². The van der Waals surface area contributed by atoms with Crippen LogP contribution in [0.3, 0.4) is 0 Å². The van der Waals surface area contributed by atoms with Gasteiger partial charge >= 0.3 is 5.82 Å². The van der Waals surface area contributed by atoms with Crippen LogP contribution in [0.4, 0.5) is 17.2 Å². The third kappa shape index (κ3) is 9.83. The molecule has 0 amide bonds. The van der Waals surface area contributed by atoms with Crippen molar-refractivity contribution in [1.82, 2.24) is 9.55 Å². The molecule has 0 aliphatic carbocycles. The van der Waals surface area contributed by atoms with Gasteiger partial charge in [-0.25, -0.2) is 4.98 Å². The molecule has 1 atom stereocenters. The molecule has 2 aliphatic heterocycles. The monoisotopic (exact) mass is 846 g/mol. The number of ether oxygens (including phenoxy) is 3. The summed E-state index contributed by atoms with van der Waals surface area (Å²) in [5, 5.41) is 15.8. The molecule has 5 aromatic rings. The van der Waals surface area contributed by atoms with Gasteiger partial charge in [0.15, 0.2) is 5.78 Å². The van der Waals surface area contributed by atoms with Gasteiger partial charge in [0, 0.05) is 72.1 Å². The zero-order valence-corrected chi connectivity index (χ0v) is 35.6. The number of aromatic nitrogens is 2. The Balaban J connectivity index is 1.19. The van der Waals surface area contributed by atoms with Crippen molar-refractivity contribution in [2.75, 3.05) is 77.9 Å². The van der Waals surface area contributed by atoms with Gasteiger partial charge < -0.3 is 43.6 Å². The number of halogens is 1. The first-order chi connectivity index (χ1) is 29.3. The van der Waals surface area contributed by atoms with E-state index in [1.54, 1.807) is 41.3 Å². The predicted octanol–water partition coefficient (Wildman–Crippen LogP) is 7.63. The molecular weight excluding hydrogens is 798 g/mol. The van der Waals surface area contributed by atoms with E-state index in [9.17, 15) is 19.7 Å². The van der Waals surface area contributed by atoms with E-state index in [0.29, 0.717) is 82.1 Å². The fraction of sp³-hybridized carbons (Fsp3) is 0.304. The number of aliphatic imine (C=N–C) groups is 1. The molecular formula is C46H49ClN7O7+. The highest BCUT2D eigenvalue weighted by atomic mass is 35.5. The Morgan fingerprint density at radius 1 is 1.05 bits per heavy atom. The number of anilines is 3. The lowest BCUT2D eigenvalue weighted by atomic mass is 9.99. The summed E-state index contributed by atoms with van der Waals surface area (Å²) >= 11 is 6.87. The predicted molar refractivity (Wildman–Crippen MR) is 239 cm³/mol. The van der Waals surface area contributed by atoms with E-state index in [4.69, 9.17) is 30.8 Å². The number of likely N-dealkylation sites (N-methyl/N-ethyl adjacent to an activating group) is 1. The lowest BCUT2D eigenvalue weighted by Gasteiger charge is -2.28. The highest BCUT2D eigenvalue weighted by molar-refractivity contribution is 6.35. The van der Waals surface area contributed by atoms with E-state index >= 15 is 0 Å². The van der Waals surface area contributed by atoms with E-state index in [-0.39, 0.29) is 28.6 Å². The third-order valence-electron chi connectivity index (χ3n) is 11.0. The number of ketones is 1. The molecule has 15 heteroatoms. The highest BCUT2D eigenvalue weighted by Crippen LogP contribution is 2.39. The summed E-state index contributed by atoms with van der Waals surface area (Å²) in [5.41, 5.74) is 5.38. The van der Waals surface area contributed by atoms with Gasteiger partial charge in [0.05, 0.1) is 70.2 Å². The van der Waals surface area contributed by atoms with Crippen molar-refractivity contribution in [3.63, 3.8) is 0 Å². The number of nitro groups is 1. The van der Waals surface area contributed by atoms with Crippen LogP contribution in [0.1, 0.15) is 30.5 Å². The van der Waals surface area contributed by atoms with Crippen molar-refractivity contribution >= 4 is 51.7 Å². The van der Waals surface area contributed by atoms with E-state index in [1.165, 1.54) is 14.2 Å². The summed E-state index contributed by atoms with van der Waals surface area (Å²) in [6, 6.07) is 22.4. The van der Waals surface area contributed by atoms with Gasteiger partial charge in [0.1, 0.15) is 30.1 Å². The first-order valence-corrected chi connectivity index (χ1v) is 20.4. The minimum atomic E-state index is -0.495. The topological polar surface area (TPSA) is 150 Å². The molecule has 7 rings (SSSR count). The number of nitrogens with zero attached hydrogens (tertiary/aromatic N) is 6. The number of rotatable bonds is 16. The number of allylic oxidation sites excluding steroid dienone is 1. The van der Waals surface area contributed by atoms with E-state index in [1.807, 2.05) is 69.6 Å². The molecule has 2 aromatic heterocycles. The van der Waals surface area contributed by atoms with Crippen LogP contribution in [0.2, 0.25) is 5.02 Å². The maximum absolute atomic E-state index is 14.9. The number of morpholine rings is 1. The van der Waals surface area contributed by atoms with Gasteiger partial charge in [-0.05, 0) is 71.5 Å². The Morgan fingerprint density at radius 2 is 1.82 bits per heavy atom. The number of hydrogen-bond donors (Lipinski definition) is 1. The number of methoxy groups -OCH3 is 2. The van der Waals surface area contributed by atoms with Crippen molar-refractivity contribution in [1.29, 1.82) is 0 Å². The second-order valence-corrected chi connectivity index (χ2v) is 16.1. The molecule has 61 heavy (non-hydrogen) atoms. The molecule has 14 nitrogen and oxygen atoms in total. The normalized spacial score (nSPS) is 14.8. The molecule has 316 valence electrons. The number of hydrogen-bond acceptors (Lipinski definition) is 11. The Kier molecular flexibility index (Phi) is 13.0. The quantitative estimate of drug-likeness (QED) is 0.0455. The average molecular weight is 847 g/mol. The number of fused-ring (bicyclic) bond motifs is 1. The molecule has 3 aromatic carbocycles. The fourth-order valence-electron chi connectivity index (χ4n) is 7.80. The number of quaternary nitrogens is 1. The van der Waals surface area contributed by atoms with Gasteiger partial charge in [-0.3, -0.25) is 9.59 Å². The van der Waals surface area contributed by atoms with Crippen LogP contribution in [0, 0.1) is 10.1 Å². The molecule has 0 bridgehead atoms. The van der Waals surface area contributed by atoms with Crippen molar-refractivity contribution in [2.45, 2.75) is 25.8 Å². The molecule has 0 radical (unpaired) electrons. The molecule has 1 fully saturated rings. The molecule has 0 saturated carbocycles. The Morgan fingerprint density at radius 3 is 2.54 bits per heavy atom. The van der Waals surface area contributed by atoms with Crippen LogP contribution in [0.25, 0.3) is 22.0 Å². The zero-order chi connectivity index (χ0) is 43.3. The summed E-state index contributed by atoms with van der Waals surface area (Å²) in [5.74, 6) is 1.22. The molecule has 1 N–H and O–H groups in total. The number of nitrogens with one attached hydrogen (secondary N) is 1. The van der Waals surface area contributed by atoms with Crippen LogP contribution in [-0.2, 0) is 16.0 Å². The van der Waals surface area contributed by atoms with Crippen molar-refractivity contribution in [2.24, 2.45) is 4.99 Å². The lowest BCUT2D eigenvalue weighted by molar-refractivity contribution is -0.880. The Bertz CT molecular complexity index is 2610. The summed E-state index contributed by atoms with van der Waals surface area (Å²) in [6.45, 7) is 5.97. The second-order valence-electron chi connectivity index (χ2n) is 15.8. The number of pyridine rings is 2. The standard InChI is InChI=1S/C46H48ClN7O7/c1-30(32-9-6-8-31(22-32)23-37(55)10-7-19-54(2,3)29-33-15-16-48-45(33)53(57)58)52-41-27-43(50-35-11-13-36(14-12-35)51-17-20-61-21-18-51)49-28-34(41)24-40(46(52)56)39-25-38(59-4)26-42(60-5)44(39)47/h6-14,16,22,24-28,30H,15,17-21,23,29H2,1-5H3/p+1/b10-7+. The van der Waals surface area contributed by atoms with Gasteiger partial charge in [0.25, 0.3) is 5.56 Å². The summed E-state index contributed by atoms with van der Waals surface area (Å²) in [4.78, 5) is 50.0. The third-order valence-corrected chi connectivity index (χ3v) is 11.3. The zero-order valence-electron chi connectivity index (χ0n) is 34.9. The van der Waals surface area contributed by atoms with Crippen molar-refractivity contribution in [3.8, 4) is 22.6 Å². The molecule has 2 aliphatic rings. The first-order valence-electron chi connectivity index (χ1n) is 20.0. The SMILES string of the molecule is COc1cc(OC)c(Cl)c(-c2cc3cnc(Nc4ccc(N5CCOCC5)cc4)cc3n(C(C)c3cccc(CC(=O)/C=C/C[N+](C)(C)CC4=C([N+](=O)[O-])N=CC4)c3)c2=O)c1. The van der Waals surface area contributed by atoms with Gasteiger partial charge in [0.2, 0.25) is 0 Å². The highest BCUT2D eigenvalue weighted by Gasteiger charge is 2.28. The summed E-state index contributed by atoms with van der Waals surface area (Å²) in [6.07, 6.45) is 7.26.